The van der Waals surface area contributed by atoms with Gasteiger partial charge in [-0.25, -0.2) is 20.8 Å². The van der Waals surface area contributed by atoms with E-state index in [0.717, 1.165) is 16.3 Å². The summed E-state index contributed by atoms with van der Waals surface area (Å²) in [6.07, 6.45) is 1.51. The van der Waals surface area contributed by atoms with E-state index >= 15 is 0 Å². The summed E-state index contributed by atoms with van der Waals surface area (Å²) in [6.45, 7) is 3.97. The number of pyridine rings is 1. The molecule has 0 amide bonds. The zero-order valence-corrected chi connectivity index (χ0v) is 11.5. The molecule has 2 heterocycles. The zero-order chi connectivity index (χ0) is 13.1. The summed E-state index contributed by atoms with van der Waals surface area (Å²) < 4.78 is 0. The van der Waals surface area contributed by atoms with E-state index in [9.17, 15) is 0 Å². The Morgan fingerprint density at radius 2 is 2.06 bits per heavy atom. The van der Waals surface area contributed by atoms with Gasteiger partial charge in [-0.2, -0.15) is 0 Å². The monoisotopic (exact) mass is 281 g/mol. The molecular formula is C11H12ClN5S. The van der Waals surface area contributed by atoms with E-state index in [-0.39, 0.29) is 0 Å². The van der Waals surface area contributed by atoms with Crippen LogP contribution in [0.1, 0.15) is 11.3 Å². The Balaban J connectivity index is 2.33. The molecule has 0 spiro atoms. The number of hydrogen-bond acceptors (Lipinski definition) is 6. The molecule has 0 aliphatic carbocycles. The number of hydrogen-bond donors (Lipinski definition) is 2. The molecule has 0 aromatic carbocycles. The van der Waals surface area contributed by atoms with E-state index in [1.54, 1.807) is 0 Å². The van der Waals surface area contributed by atoms with Crippen LogP contribution in [0, 0.1) is 13.8 Å². The molecule has 0 fully saturated rings. The number of nitrogens with two attached hydrogens (primary N) is 1. The SMILES string of the molecule is Cc1cc(C)nc(Sc2nc(NN)ncc2Cl)c1. The second kappa shape index (κ2) is 5.51. The van der Waals surface area contributed by atoms with E-state index < -0.39 is 0 Å². The van der Waals surface area contributed by atoms with Crippen molar-refractivity contribution in [3.05, 3.63) is 34.6 Å². The standard InChI is InChI=1S/C11H12ClN5S/c1-6-3-7(2)15-9(4-6)18-10-8(12)5-14-11(16-10)17-13/h3-5H,13H2,1-2H3,(H,14,16,17). The average Bonchev–Trinajstić information content (AvgIpc) is 2.30. The highest BCUT2D eigenvalue weighted by Crippen LogP contribution is 2.31. The lowest BCUT2D eigenvalue weighted by Crippen LogP contribution is -2.10. The fourth-order valence-electron chi connectivity index (χ4n) is 1.45. The number of nitrogen functional groups attached to an aromatic ring is 1. The predicted molar refractivity (Wildman–Crippen MR) is 72.7 cm³/mol. The molecule has 0 atom stereocenters. The molecule has 2 aromatic rings. The number of aromatic nitrogens is 3. The maximum Gasteiger partial charge on any atom is 0.238 e. The number of nitrogens with one attached hydrogen (secondary N) is 1. The summed E-state index contributed by atoms with van der Waals surface area (Å²) in [4.78, 5) is 12.5. The Hall–Kier alpha value is -1.37. The predicted octanol–water partition coefficient (Wildman–Crippen LogP) is 2.58. The largest absolute Gasteiger partial charge is 0.292 e. The van der Waals surface area contributed by atoms with Crippen LogP contribution in [0.25, 0.3) is 0 Å². The van der Waals surface area contributed by atoms with Crippen molar-refractivity contribution in [2.45, 2.75) is 23.9 Å². The van der Waals surface area contributed by atoms with E-state index in [4.69, 9.17) is 17.4 Å². The smallest absolute Gasteiger partial charge is 0.238 e. The van der Waals surface area contributed by atoms with Crippen LogP contribution in [0.3, 0.4) is 0 Å². The second-order valence-electron chi connectivity index (χ2n) is 3.72. The van der Waals surface area contributed by atoms with Gasteiger partial charge in [-0.1, -0.05) is 11.6 Å². The summed E-state index contributed by atoms with van der Waals surface area (Å²) in [5, 5.41) is 1.94. The molecule has 2 aromatic heterocycles. The molecule has 0 bridgehead atoms. The highest BCUT2D eigenvalue weighted by atomic mass is 35.5. The maximum absolute atomic E-state index is 6.04. The van der Waals surface area contributed by atoms with Gasteiger partial charge in [0.1, 0.15) is 10.1 Å². The Morgan fingerprint density at radius 1 is 1.28 bits per heavy atom. The van der Waals surface area contributed by atoms with Gasteiger partial charge in [-0.3, -0.25) is 5.43 Å². The summed E-state index contributed by atoms with van der Waals surface area (Å²) in [5.41, 5.74) is 4.49. The van der Waals surface area contributed by atoms with Crippen LogP contribution < -0.4 is 11.3 Å². The Labute approximate surface area is 114 Å². The normalized spacial score (nSPS) is 10.4. The van der Waals surface area contributed by atoms with Gasteiger partial charge in [0.15, 0.2) is 0 Å². The Bertz CT molecular complexity index is 555. The van der Waals surface area contributed by atoms with Gasteiger partial charge < -0.3 is 0 Å². The first-order valence-corrected chi connectivity index (χ1v) is 6.40. The highest BCUT2D eigenvalue weighted by Gasteiger charge is 2.08. The minimum absolute atomic E-state index is 0.325. The number of anilines is 1. The minimum atomic E-state index is 0.325. The Kier molecular flexibility index (Phi) is 4.00. The van der Waals surface area contributed by atoms with Crippen molar-refractivity contribution < 1.29 is 0 Å². The number of nitrogens with zero attached hydrogens (tertiary/aromatic N) is 3. The summed E-state index contributed by atoms with van der Waals surface area (Å²) >= 11 is 7.42. The van der Waals surface area contributed by atoms with Crippen molar-refractivity contribution >= 4 is 29.3 Å². The first-order chi connectivity index (χ1) is 8.58. The van der Waals surface area contributed by atoms with Crippen molar-refractivity contribution in [1.29, 1.82) is 0 Å². The van der Waals surface area contributed by atoms with Gasteiger partial charge in [-0.05, 0) is 43.3 Å². The molecule has 0 saturated heterocycles. The number of hydrazine groups is 1. The molecule has 0 aliphatic heterocycles. The first kappa shape index (κ1) is 13.1. The van der Waals surface area contributed by atoms with Crippen LogP contribution >= 0.6 is 23.4 Å². The van der Waals surface area contributed by atoms with Gasteiger partial charge in [0.2, 0.25) is 5.95 Å². The first-order valence-electron chi connectivity index (χ1n) is 5.21. The fraction of sp³-hybridized carbons (Fsp3) is 0.182. The van der Waals surface area contributed by atoms with Crippen LogP contribution in [0.5, 0.6) is 0 Å². The van der Waals surface area contributed by atoms with Gasteiger partial charge in [-0.15, -0.1) is 0 Å². The van der Waals surface area contributed by atoms with E-state index in [1.165, 1.54) is 18.0 Å². The summed E-state index contributed by atoms with van der Waals surface area (Å²) in [5.74, 6) is 5.59. The van der Waals surface area contributed by atoms with Crippen LogP contribution in [0.2, 0.25) is 5.02 Å². The van der Waals surface area contributed by atoms with Gasteiger partial charge in [0.05, 0.1) is 11.2 Å². The lowest BCUT2D eigenvalue weighted by Gasteiger charge is -2.06. The quantitative estimate of drug-likeness (QED) is 0.512. The lowest BCUT2D eigenvalue weighted by molar-refractivity contribution is 1.01. The van der Waals surface area contributed by atoms with Crippen molar-refractivity contribution in [1.82, 2.24) is 15.0 Å². The number of aryl methyl sites for hydroxylation is 2. The maximum atomic E-state index is 6.04. The molecule has 0 radical (unpaired) electrons. The molecule has 0 saturated carbocycles. The molecule has 2 rings (SSSR count). The van der Waals surface area contributed by atoms with Crippen LogP contribution in [0.15, 0.2) is 28.4 Å². The van der Waals surface area contributed by atoms with Crippen LogP contribution in [-0.4, -0.2) is 15.0 Å². The lowest BCUT2D eigenvalue weighted by atomic mass is 10.3. The van der Waals surface area contributed by atoms with Crippen molar-refractivity contribution in [2.75, 3.05) is 5.43 Å². The topological polar surface area (TPSA) is 76.7 Å². The van der Waals surface area contributed by atoms with Crippen molar-refractivity contribution in [3.8, 4) is 0 Å². The van der Waals surface area contributed by atoms with Gasteiger partial charge in [0.25, 0.3) is 0 Å². The molecule has 0 unspecified atom stereocenters. The minimum Gasteiger partial charge on any atom is -0.292 e. The van der Waals surface area contributed by atoms with E-state index in [0.29, 0.717) is 16.0 Å². The average molecular weight is 282 g/mol. The molecule has 0 aliphatic rings. The van der Waals surface area contributed by atoms with Gasteiger partial charge >= 0.3 is 0 Å². The van der Waals surface area contributed by atoms with Crippen molar-refractivity contribution in [2.24, 2.45) is 5.84 Å². The highest BCUT2D eigenvalue weighted by molar-refractivity contribution is 7.99. The summed E-state index contributed by atoms with van der Waals surface area (Å²) in [7, 11) is 0. The third-order valence-electron chi connectivity index (χ3n) is 2.12. The van der Waals surface area contributed by atoms with E-state index in [1.807, 2.05) is 26.0 Å². The van der Waals surface area contributed by atoms with E-state index in [2.05, 4.69) is 20.4 Å². The van der Waals surface area contributed by atoms with Crippen molar-refractivity contribution in [3.63, 3.8) is 0 Å². The fourth-order valence-corrected chi connectivity index (χ4v) is 2.57. The van der Waals surface area contributed by atoms with Crippen LogP contribution in [-0.2, 0) is 0 Å². The third kappa shape index (κ3) is 3.10. The van der Waals surface area contributed by atoms with Gasteiger partial charge in [0, 0.05) is 5.69 Å². The number of rotatable bonds is 3. The Morgan fingerprint density at radius 3 is 2.72 bits per heavy atom. The summed E-state index contributed by atoms with van der Waals surface area (Å²) in [6, 6.07) is 3.99. The second-order valence-corrected chi connectivity index (χ2v) is 5.13. The molecular weight excluding hydrogens is 270 g/mol. The zero-order valence-electron chi connectivity index (χ0n) is 9.94. The molecule has 5 nitrogen and oxygen atoms in total. The molecule has 18 heavy (non-hydrogen) atoms. The third-order valence-corrected chi connectivity index (χ3v) is 3.43. The molecule has 94 valence electrons. The molecule has 3 N–H and O–H groups in total. The van der Waals surface area contributed by atoms with Crippen LogP contribution in [0.4, 0.5) is 5.95 Å². The molecule has 7 heteroatoms. The number of halogens is 1.